The van der Waals surface area contributed by atoms with Crippen LogP contribution in [0.25, 0.3) is 0 Å². The first-order valence-electron chi connectivity index (χ1n) is 8.77. The number of nitrogens with zero attached hydrogens (tertiary/aromatic N) is 1. The number of hydrogen-bond acceptors (Lipinski definition) is 6. The molecule has 0 aliphatic carbocycles. The standard InChI is InChI=1S/C20H29NO5/c1-15(2)21(11-16-7-5-9-19(23-3)20(16)24-4)12-17(22)13-25-14-18-8-6-10-26-18/h5-10,15,17,22H,11-14H2,1-4H3. The van der Waals surface area contributed by atoms with E-state index in [1.165, 1.54) is 0 Å². The average molecular weight is 363 g/mol. The summed E-state index contributed by atoms with van der Waals surface area (Å²) in [5.41, 5.74) is 1.02. The molecule has 0 amide bonds. The first-order valence-corrected chi connectivity index (χ1v) is 8.77. The van der Waals surface area contributed by atoms with Crippen molar-refractivity contribution in [1.82, 2.24) is 4.90 Å². The van der Waals surface area contributed by atoms with Gasteiger partial charge >= 0.3 is 0 Å². The Morgan fingerprint density at radius 3 is 2.54 bits per heavy atom. The molecule has 1 aromatic carbocycles. The second-order valence-corrected chi connectivity index (χ2v) is 6.42. The molecule has 0 bridgehead atoms. The Bertz CT molecular complexity index is 642. The Hall–Kier alpha value is -2.02. The van der Waals surface area contributed by atoms with Gasteiger partial charge in [-0.15, -0.1) is 0 Å². The third kappa shape index (κ3) is 5.76. The first kappa shape index (κ1) is 20.3. The molecule has 1 unspecified atom stereocenters. The summed E-state index contributed by atoms with van der Waals surface area (Å²) >= 11 is 0. The number of aliphatic hydroxyl groups excluding tert-OH is 1. The number of para-hydroxylation sites is 1. The molecule has 0 saturated carbocycles. The second kappa shape index (κ2) is 10.2. The van der Waals surface area contributed by atoms with Gasteiger partial charge in [-0.3, -0.25) is 4.90 Å². The summed E-state index contributed by atoms with van der Waals surface area (Å²) in [7, 11) is 3.26. The zero-order valence-corrected chi connectivity index (χ0v) is 16.0. The fraction of sp³-hybridized carbons (Fsp3) is 0.500. The highest BCUT2D eigenvalue weighted by molar-refractivity contribution is 5.46. The lowest BCUT2D eigenvalue weighted by Crippen LogP contribution is -2.38. The van der Waals surface area contributed by atoms with E-state index < -0.39 is 6.10 Å². The number of methoxy groups -OCH3 is 2. The molecule has 0 radical (unpaired) electrons. The van der Waals surface area contributed by atoms with Gasteiger partial charge in [0.05, 0.1) is 33.2 Å². The molecular weight excluding hydrogens is 334 g/mol. The SMILES string of the molecule is COc1cccc(CN(CC(O)COCc2ccco2)C(C)C)c1OC. The van der Waals surface area contributed by atoms with Gasteiger partial charge in [-0.2, -0.15) is 0 Å². The maximum atomic E-state index is 10.3. The van der Waals surface area contributed by atoms with Crippen LogP contribution >= 0.6 is 0 Å². The van der Waals surface area contributed by atoms with E-state index in [0.29, 0.717) is 25.4 Å². The van der Waals surface area contributed by atoms with Crippen LogP contribution in [0.2, 0.25) is 0 Å². The summed E-state index contributed by atoms with van der Waals surface area (Å²) in [6.45, 7) is 5.95. The monoisotopic (exact) mass is 363 g/mol. The highest BCUT2D eigenvalue weighted by Crippen LogP contribution is 2.31. The van der Waals surface area contributed by atoms with Crippen LogP contribution in [0, 0.1) is 0 Å². The van der Waals surface area contributed by atoms with Gasteiger partial charge in [-0.05, 0) is 32.0 Å². The smallest absolute Gasteiger partial charge is 0.165 e. The lowest BCUT2D eigenvalue weighted by atomic mass is 10.1. The summed E-state index contributed by atoms with van der Waals surface area (Å²) < 4.78 is 21.6. The summed E-state index contributed by atoms with van der Waals surface area (Å²) in [5.74, 6) is 2.18. The maximum absolute atomic E-state index is 10.3. The van der Waals surface area contributed by atoms with E-state index in [0.717, 1.165) is 17.1 Å². The number of benzene rings is 1. The third-order valence-electron chi connectivity index (χ3n) is 4.17. The summed E-state index contributed by atoms with van der Waals surface area (Å²) in [5, 5.41) is 10.3. The average Bonchev–Trinajstić information content (AvgIpc) is 3.14. The van der Waals surface area contributed by atoms with Gasteiger partial charge in [-0.1, -0.05) is 12.1 Å². The molecule has 6 heteroatoms. The summed E-state index contributed by atoms with van der Waals surface area (Å²) in [6.07, 6.45) is 1.01. The normalized spacial score (nSPS) is 12.6. The van der Waals surface area contributed by atoms with Crippen molar-refractivity contribution in [3.05, 3.63) is 47.9 Å². The first-order chi connectivity index (χ1) is 12.5. The van der Waals surface area contributed by atoms with Crippen molar-refractivity contribution < 1.29 is 23.7 Å². The number of hydrogen-bond donors (Lipinski definition) is 1. The molecule has 0 saturated heterocycles. The highest BCUT2D eigenvalue weighted by atomic mass is 16.5. The molecule has 26 heavy (non-hydrogen) atoms. The predicted molar refractivity (Wildman–Crippen MR) is 99.5 cm³/mol. The Morgan fingerprint density at radius 1 is 1.12 bits per heavy atom. The molecule has 6 nitrogen and oxygen atoms in total. The largest absolute Gasteiger partial charge is 0.493 e. The molecule has 0 spiro atoms. The van der Waals surface area contributed by atoms with Crippen molar-refractivity contribution in [2.75, 3.05) is 27.4 Å². The van der Waals surface area contributed by atoms with Crippen LogP contribution in [0.1, 0.15) is 25.2 Å². The fourth-order valence-electron chi connectivity index (χ4n) is 2.77. The Labute approximate surface area is 155 Å². The van der Waals surface area contributed by atoms with Gasteiger partial charge in [-0.25, -0.2) is 0 Å². The Morgan fingerprint density at radius 2 is 1.92 bits per heavy atom. The minimum absolute atomic E-state index is 0.249. The molecular formula is C20H29NO5. The summed E-state index contributed by atoms with van der Waals surface area (Å²) in [4.78, 5) is 2.18. The summed E-state index contributed by atoms with van der Waals surface area (Å²) in [6, 6.07) is 9.75. The Kier molecular flexibility index (Phi) is 7.97. The number of aliphatic hydroxyl groups is 1. The maximum Gasteiger partial charge on any atom is 0.165 e. The van der Waals surface area contributed by atoms with Gasteiger partial charge in [0.2, 0.25) is 0 Å². The molecule has 144 valence electrons. The van der Waals surface area contributed by atoms with Crippen molar-refractivity contribution in [2.24, 2.45) is 0 Å². The molecule has 2 aromatic rings. The van der Waals surface area contributed by atoms with Gasteiger partial charge < -0.3 is 23.7 Å². The van der Waals surface area contributed by atoms with Gasteiger partial charge in [0.15, 0.2) is 11.5 Å². The minimum atomic E-state index is -0.594. The Balaban J connectivity index is 1.94. The van der Waals surface area contributed by atoms with Crippen LogP contribution < -0.4 is 9.47 Å². The van der Waals surface area contributed by atoms with E-state index in [1.54, 1.807) is 20.5 Å². The number of furan rings is 1. The molecule has 1 aromatic heterocycles. The van der Waals surface area contributed by atoms with Crippen LogP contribution in [0.15, 0.2) is 41.0 Å². The minimum Gasteiger partial charge on any atom is -0.493 e. The van der Waals surface area contributed by atoms with Crippen molar-refractivity contribution in [3.63, 3.8) is 0 Å². The van der Waals surface area contributed by atoms with E-state index in [-0.39, 0.29) is 12.6 Å². The van der Waals surface area contributed by atoms with Crippen molar-refractivity contribution in [2.45, 2.75) is 39.1 Å². The van der Waals surface area contributed by atoms with Crippen molar-refractivity contribution >= 4 is 0 Å². The number of ether oxygens (including phenoxy) is 3. The molecule has 1 N–H and O–H groups in total. The lowest BCUT2D eigenvalue weighted by molar-refractivity contribution is -0.00127. The molecule has 0 aliphatic heterocycles. The predicted octanol–water partition coefficient (Wildman–Crippen LogP) is 3.08. The fourth-order valence-corrected chi connectivity index (χ4v) is 2.77. The zero-order chi connectivity index (χ0) is 18.9. The second-order valence-electron chi connectivity index (χ2n) is 6.42. The van der Waals surface area contributed by atoms with Crippen molar-refractivity contribution in [1.29, 1.82) is 0 Å². The molecule has 2 rings (SSSR count). The van der Waals surface area contributed by atoms with Crippen LogP contribution in [0.5, 0.6) is 11.5 Å². The van der Waals surface area contributed by atoms with E-state index in [4.69, 9.17) is 18.6 Å². The van der Waals surface area contributed by atoms with E-state index in [9.17, 15) is 5.11 Å². The third-order valence-corrected chi connectivity index (χ3v) is 4.17. The van der Waals surface area contributed by atoms with E-state index in [2.05, 4.69) is 18.7 Å². The highest BCUT2D eigenvalue weighted by Gasteiger charge is 2.19. The topological polar surface area (TPSA) is 64.3 Å². The van der Waals surface area contributed by atoms with Crippen LogP contribution in [-0.2, 0) is 17.9 Å². The lowest BCUT2D eigenvalue weighted by Gasteiger charge is -2.29. The van der Waals surface area contributed by atoms with Crippen LogP contribution in [0.4, 0.5) is 0 Å². The van der Waals surface area contributed by atoms with Gasteiger partial charge in [0.25, 0.3) is 0 Å². The molecule has 0 fully saturated rings. The van der Waals surface area contributed by atoms with E-state index >= 15 is 0 Å². The molecule has 0 aliphatic rings. The quantitative estimate of drug-likeness (QED) is 0.662. The molecule has 1 atom stereocenters. The van der Waals surface area contributed by atoms with Crippen LogP contribution in [-0.4, -0.2) is 49.5 Å². The van der Waals surface area contributed by atoms with E-state index in [1.807, 2.05) is 30.3 Å². The van der Waals surface area contributed by atoms with Crippen molar-refractivity contribution in [3.8, 4) is 11.5 Å². The van der Waals surface area contributed by atoms with Crippen LogP contribution in [0.3, 0.4) is 0 Å². The zero-order valence-electron chi connectivity index (χ0n) is 16.0. The van der Waals surface area contributed by atoms with Gasteiger partial charge in [0.1, 0.15) is 12.4 Å². The molecule has 1 heterocycles. The van der Waals surface area contributed by atoms with Gasteiger partial charge in [0, 0.05) is 24.7 Å². The number of rotatable bonds is 11.